The zero-order valence-corrected chi connectivity index (χ0v) is 21.5. The summed E-state index contributed by atoms with van der Waals surface area (Å²) in [6, 6.07) is 16.2. The van der Waals surface area contributed by atoms with Crippen molar-refractivity contribution in [2.24, 2.45) is 5.11 Å². The molecule has 0 saturated heterocycles. The van der Waals surface area contributed by atoms with Crippen LogP contribution < -0.4 is 15.4 Å². The van der Waals surface area contributed by atoms with Crippen molar-refractivity contribution in [1.82, 2.24) is 0 Å². The minimum absolute atomic E-state index is 0.230. The largest absolute Gasteiger partial charge is 0.495 e. The second kappa shape index (κ2) is 9.91. The van der Waals surface area contributed by atoms with Crippen LogP contribution >= 0.6 is 0 Å². The molecule has 0 amide bonds. The van der Waals surface area contributed by atoms with Crippen LogP contribution in [-0.4, -0.2) is 34.2 Å². The number of allylic oxidation sites excluding steroid dienone is 2. The van der Waals surface area contributed by atoms with E-state index >= 15 is 0 Å². The first-order valence-electron chi connectivity index (χ1n) is 12.3. The second-order valence-electron chi connectivity index (χ2n) is 9.95. The first-order valence-corrected chi connectivity index (χ1v) is 12.3. The molecule has 3 aromatic rings. The van der Waals surface area contributed by atoms with Crippen LogP contribution in [0.25, 0.3) is 5.57 Å². The number of rotatable bonds is 9. The van der Waals surface area contributed by atoms with Crippen LogP contribution in [0.15, 0.2) is 77.9 Å². The molecule has 7 nitrogen and oxygen atoms in total. The fourth-order valence-electron chi connectivity index (χ4n) is 4.60. The van der Waals surface area contributed by atoms with Gasteiger partial charge in [0.1, 0.15) is 34.7 Å². The number of nitrogens with zero attached hydrogens (tertiary/aromatic N) is 2. The lowest BCUT2D eigenvalue weighted by molar-refractivity contribution is -0.0704. The fourth-order valence-corrected chi connectivity index (χ4v) is 4.60. The molecular formula is C30H30FN4O3+. The highest BCUT2D eigenvalue weighted by atomic mass is 19.1. The molecule has 0 saturated carbocycles. The Bertz CT molecular complexity index is 1530. The average Bonchev–Trinajstić information content (AvgIpc) is 3.54. The molecule has 0 radical (unpaired) electrons. The summed E-state index contributed by atoms with van der Waals surface area (Å²) in [7, 11) is 1.54. The molecule has 0 bridgehead atoms. The lowest BCUT2D eigenvalue weighted by atomic mass is 9.93. The van der Waals surface area contributed by atoms with Crippen molar-refractivity contribution < 1.29 is 24.1 Å². The van der Waals surface area contributed by atoms with Gasteiger partial charge in [-0.1, -0.05) is 35.1 Å². The van der Waals surface area contributed by atoms with Crippen molar-refractivity contribution in [3.63, 3.8) is 0 Å². The number of aliphatic hydroxyl groups is 2. The predicted octanol–water partition coefficient (Wildman–Crippen LogP) is 5.54. The Morgan fingerprint density at radius 3 is 2.71 bits per heavy atom. The van der Waals surface area contributed by atoms with E-state index in [1.54, 1.807) is 38.1 Å². The van der Waals surface area contributed by atoms with Crippen LogP contribution in [0.5, 0.6) is 5.75 Å². The highest BCUT2D eigenvalue weighted by molar-refractivity contribution is 6.10. The molecular weight excluding hydrogens is 483 g/mol. The van der Waals surface area contributed by atoms with Crippen LogP contribution in [0.4, 0.5) is 21.5 Å². The molecule has 0 spiro atoms. The first kappa shape index (κ1) is 25.4. The molecule has 5 rings (SSSR count). The summed E-state index contributed by atoms with van der Waals surface area (Å²) in [4.78, 5) is 4.32. The van der Waals surface area contributed by atoms with E-state index in [-0.39, 0.29) is 5.82 Å². The van der Waals surface area contributed by atoms with Crippen molar-refractivity contribution in [1.29, 1.82) is 0 Å². The maximum Gasteiger partial charge on any atom is 0.414 e. The van der Waals surface area contributed by atoms with Gasteiger partial charge >= 0.3 is 5.84 Å². The van der Waals surface area contributed by atoms with Gasteiger partial charge in [0, 0.05) is 16.7 Å². The van der Waals surface area contributed by atoms with E-state index < -0.39 is 11.8 Å². The first-order chi connectivity index (χ1) is 18.2. The number of hydrogen-bond acceptors (Lipinski definition) is 6. The molecule has 3 aromatic carbocycles. The number of amidine groups is 1. The van der Waals surface area contributed by atoms with Gasteiger partial charge in [-0.2, -0.15) is 0 Å². The molecule has 1 heterocycles. The lowest BCUT2D eigenvalue weighted by Crippen LogP contribution is -2.22. The van der Waals surface area contributed by atoms with Gasteiger partial charge < -0.3 is 20.3 Å². The molecule has 1 aliphatic carbocycles. The van der Waals surface area contributed by atoms with E-state index in [2.05, 4.69) is 27.1 Å². The number of halogens is 1. The van der Waals surface area contributed by atoms with E-state index in [1.165, 1.54) is 30.4 Å². The average molecular weight is 514 g/mol. The van der Waals surface area contributed by atoms with Crippen LogP contribution in [0, 0.1) is 5.82 Å². The minimum atomic E-state index is -1.13. The number of fused-ring (bicyclic) bond motifs is 1. The van der Waals surface area contributed by atoms with Gasteiger partial charge in [-0.25, -0.2) is 9.71 Å². The van der Waals surface area contributed by atoms with Crippen LogP contribution in [0.3, 0.4) is 0 Å². The summed E-state index contributed by atoms with van der Waals surface area (Å²) in [5, 5.41) is 31.5. The van der Waals surface area contributed by atoms with Gasteiger partial charge in [-0.3, -0.25) is 0 Å². The Morgan fingerprint density at radius 1 is 1.18 bits per heavy atom. The molecule has 1 atom stereocenters. The number of benzene rings is 3. The van der Waals surface area contributed by atoms with Crippen molar-refractivity contribution in [2.45, 2.75) is 38.5 Å². The monoisotopic (exact) mass is 513 g/mol. The second-order valence-corrected chi connectivity index (χ2v) is 9.95. The standard InChI is InChI=1S/C30H29FN4O3/c1-5-28(36)32-26-15-22-25(16-27(26)38-4)34-35-29(22)33-24-10-9-18(14-23(24)30(2,3)37)21-13-19(21)11-17-7-6-8-20(31)12-17/h5-10,12,14-16,28,36-37H,1,11,13H2,2-4H3,(H,32,33,35)/p+1. The number of ether oxygens (including phenoxy) is 1. The molecule has 2 aliphatic rings. The summed E-state index contributed by atoms with van der Waals surface area (Å²) in [6.45, 7) is 7.07. The van der Waals surface area contributed by atoms with Crippen LogP contribution in [0.2, 0.25) is 0 Å². The normalized spacial score (nSPS) is 14.6. The molecule has 194 valence electrons. The predicted molar refractivity (Wildman–Crippen MR) is 146 cm³/mol. The molecule has 0 aromatic heterocycles. The molecule has 1 unspecified atom stereocenters. The van der Waals surface area contributed by atoms with Crippen LogP contribution in [0.1, 0.15) is 42.5 Å². The van der Waals surface area contributed by atoms with Gasteiger partial charge in [0.15, 0.2) is 0 Å². The Morgan fingerprint density at radius 2 is 2.00 bits per heavy atom. The van der Waals surface area contributed by atoms with Gasteiger partial charge in [0.05, 0.1) is 18.4 Å². The molecule has 0 fully saturated rings. The SMILES string of the molecule is C=CC(O)Nc1cc2c(cc1OC)N=[N+]=C2Nc1ccc(C2=C(Cc3cccc(F)c3)C2)cc1C(C)(C)O. The van der Waals surface area contributed by atoms with Gasteiger partial charge in [-0.05, 0) is 79.8 Å². The Kier molecular flexibility index (Phi) is 6.63. The van der Waals surface area contributed by atoms with E-state index in [0.29, 0.717) is 40.6 Å². The Labute approximate surface area is 220 Å². The van der Waals surface area contributed by atoms with E-state index in [9.17, 15) is 14.6 Å². The number of hydrogen-bond donors (Lipinski definition) is 4. The third-order valence-electron chi connectivity index (χ3n) is 6.64. The summed E-state index contributed by atoms with van der Waals surface area (Å²) in [6.07, 6.45) is 1.99. The zero-order valence-electron chi connectivity index (χ0n) is 21.5. The van der Waals surface area contributed by atoms with E-state index in [1.807, 2.05) is 24.3 Å². The highest BCUT2D eigenvalue weighted by Crippen LogP contribution is 2.44. The van der Waals surface area contributed by atoms with Gasteiger partial charge in [0.2, 0.25) is 0 Å². The quantitative estimate of drug-likeness (QED) is 0.171. The van der Waals surface area contributed by atoms with Crippen LogP contribution in [-0.2, 0) is 12.0 Å². The number of anilines is 2. The summed E-state index contributed by atoms with van der Waals surface area (Å²) in [5.41, 5.74) is 6.65. The maximum absolute atomic E-state index is 13.6. The molecule has 38 heavy (non-hydrogen) atoms. The van der Waals surface area contributed by atoms with Crippen molar-refractivity contribution in [3.8, 4) is 5.75 Å². The van der Waals surface area contributed by atoms with E-state index in [0.717, 1.165) is 23.1 Å². The third-order valence-corrected chi connectivity index (χ3v) is 6.64. The number of nitrogens with one attached hydrogen (secondary N) is 2. The third kappa shape index (κ3) is 5.24. The molecule has 8 heteroatoms. The Balaban J connectivity index is 1.43. The molecule has 4 N–H and O–H groups in total. The number of aliphatic hydroxyl groups excluding tert-OH is 1. The fraction of sp³-hybridized carbons (Fsp3) is 0.233. The highest BCUT2D eigenvalue weighted by Gasteiger charge is 2.32. The number of methoxy groups -OCH3 is 1. The maximum atomic E-state index is 13.6. The smallest absolute Gasteiger partial charge is 0.414 e. The summed E-state index contributed by atoms with van der Waals surface area (Å²) < 4.78 is 19.0. The summed E-state index contributed by atoms with van der Waals surface area (Å²) in [5.74, 6) is 0.791. The van der Waals surface area contributed by atoms with Gasteiger partial charge in [0.25, 0.3) is 0 Å². The minimum Gasteiger partial charge on any atom is -0.495 e. The van der Waals surface area contributed by atoms with Crippen molar-refractivity contribution in [2.75, 3.05) is 17.7 Å². The van der Waals surface area contributed by atoms with E-state index in [4.69, 9.17) is 4.74 Å². The van der Waals surface area contributed by atoms with Crippen molar-refractivity contribution >= 4 is 28.5 Å². The lowest BCUT2D eigenvalue weighted by Gasteiger charge is -2.20. The summed E-state index contributed by atoms with van der Waals surface area (Å²) >= 11 is 0. The zero-order chi connectivity index (χ0) is 27.0. The van der Waals surface area contributed by atoms with Gasteiger partial charge in [-0.15, -0.1) is 0 Å². The molecule has 1 aliphatic heterocycles. The van der Waals surface area contributed by atoms with Crippen molar-refractivity contribution in [3.05, 3.63) is 101 Å². The topological polar surface area (TPSA) is 100 Å². The Hall–Kier alpha value is -4.23.